The number of anilines is 2. The van der Waals surface area contributed by atoms with Crippen molar-refractivity contribution in [3.05, 3.63) is 12.7 Å². The van der Waals surface area contributed by atoms with Gasteiger partial charge in [-0.3, -0.25) is 0 Å². The van der Waals surface area contributed by atoms with Crippen molar-refractivity contribution in [2.24, 2.45) is 0 Å². The first-order valence-electron chi connectivity index (χ1n) is 7.23. The van der Waals surface area contributed by atoms with Crippen molar-refractivity contribution in [2.75, 3.05) is 17.7 Å². The first kappa shape index (κ1) is 15.1. The maximum absolute atomic E-state index is 4.44. The molecule has 0 bridgehead atoms. The molecule has 8 heteroatoms. The lowest BCUT2D eigenvalue weighted by Crippen LogP contribution is -2.37. The van der Waals surface area contributed by atoms with Gasteiger partial charge in [-0.25, -0.2) is 4.98 Å². The monoisotopic (exact) mass is 290 g/mol. The van der Waals surface area contributed by atoms with Gasteiger partial charge in [0.25, 0.3) is 5.95 Å². The normalized spacial score (nSPS) is 11.4. The topological polar surface area (TPSA) is 93.4 Å². The van der Waals surface area contributed by atoms with Crippen LogP contribution in [-0.2, 0) is 0 Å². The smallest absolute Gasteiger partial charge is 0.258 e. The van der Waals surface area contributed by atoms with Crippen LogP contribution in [0.25, 0.3) is 5.95 Å². The quantitative estimate of drug-likeness (QED) is 0.804. The molecule has 0 spiro atoms. The highest BCUT2D eigenvalue weighted by Crippen LogP contribution is 2.24. The molecule has 8 nitrogen and oxygen atoms in total. The Morgan fingerprint density at radius 1 is 1.05 bits per heavy atom. The Labute approximate surface area is 124 Å². The van der Waals surface area contributed by atoms with Gasteiger partial charge in [-0.2, -0.15) is 24.7 Å². The standard InChI is InChI=1S/C13H22N8/c1-5-13(6-2,7-3)20-11-17-10(14-4)18-12(19-11)21-9-15-8-16-21/h8-9H,5-7H2,1-4H3,(H2,14,17,18,19,20). The molecule has 0 atom stereocenters. The highest BCUT2D eigenvalue weighted by Gasteiger charge is 2.25. The zero-order valence-corrected chi connectivity index (χ0v) is 13.0. The van der Waals surface area contributed by atoms with Gasteiger partial charge in [0.15, 0.2) is 0 Å². The molecule has 0 aromatic carbocycles. The summed E-state index contributed by atoms with van der Waals surface area (Å²) in [6.45, 7) is 6.50. The van der Waals surface area contributed by atoms with Crippen molar-refractivity contribution >= 4 is 11.9 Å². The third-order valence-electron chi connectivity index (χ3n) is 3.88. The lowest BCUT2D eigenvalue weighted by atomic mass is 9.90. The van der Waals surface area contributed by atoms with E-state index in [1.807, 2.05) is 0 Å². The second-order valence-corrected chi connectivity index (χ2v) is 4.84. The molecule has 2 N–H and O–H groups in total. The van der Waals surface area contributed by atoms with E-state index < -0.39 is 0 Å². The molecule has 21 heavy (non-hydrogen) atoms. The molecule has 0 aliphatic carbocycles. The summed E-state index contributed by atoms with van der Waals surface area (Å²) in [7, 11) is 1.77. The predicted octanol–water partition coefficient (Wildman–Crippen LogP) is 1.87. The van der Waals surface area contributed by atoms with E-state index in [1.165, 1.54) is 11.0 Å². The van der Waals surface area contributed by atoms with E-state index in [1.54, 1.807) is 13.4 Å². The van der Waals surface area contributed by atoms with Crippen LogP contribution < -0.4 is 10.6 Å². The number of aromatic nitrogens is 6. The van der Waals surface area contributed by atoms with Crippen LogP contribution in [-0.4, -0.2) is 42.3 Å². The Hall–Kier alpha value is -2.25. The number of hydrogen-bond acceptors (Lipinski definition) is 7. The predicted molar refractivity (Wildman–Crippen MR) is 81.5 cm³/mol. The fourth-order valence-corrected chi connectivity index (χ4v) is 2.20. The van der Waals surface area contributed by atoms with Crippen molar-refractivity contribution in [3.63, 3.8) is 0 Å². The second kappa shape index (κ2) is 6.47. The first-order valence-corrected chi connectivity index (χ1v) is 7.23. The largest absolute Gasteiger partial charge is 0.357 e. The van der Waals surface area contributed by atoms with Crippen LogP contribution >= 0.6 is 0 Å². The minimum Gasteiger partial charge on any atom is -0.357 e. The Morgan fingerprint density at radius 3 is 2.24 bits per heavy atom. The molecule has 0 saturated carbocycles. The van der Waals surface area contributed by atoms with Gasteiger partial charge in [-0.15, -0.1) is 0 Å². The van der Waals surface area contributed by atoms with Gasteiger partial charge in [0.05, 0.1) is 0 Å². The zero-order chi connectivity index (χ0) is 15.3. The molecule has 0 amide bonds. The molecule has 0 aliphatic heterocycles. The highest BCUT2D eigenvalue weighted by atomic mass is 15.4. The van der Waals surface area contributed by atoms with Crippen LogP contribution in [0.4, 0.5) is 11.9 Å². The summed E-state index contributed by atoms with van der Waals surface area (Å²) in [6.07, 6.45) is 6.01. The van der Waals surface area contributed by atoms with Crippen LogP contribution in [0.2, 0.25) is 0 Å². The van der Waals surface area contributed by atoms with E-state index in [-0.39, 0.29) is 5.54 Å². The summed E-state index contributed by atoms with van der Waals surface area (Å²) in [4.78, 5) is 17.0. The lowest BCUT2D eigenvalue weighted by Gasteiger charge is -2.31. The fraction of sp³-hybridized carbons (Fsp3) is 0.615. The summed E-state index contributed by atoms with van der Waals surface area (Å²) in [6, 6.07) is 0. The van der Waals surface area contributed by atoms with E-state index in [0.29, 0.717) is 17.8 Å². The minimum absolute atomic E-state index is 0.00794. The first-order chi connectivity index (χ1) is 10.2. The molecule has 2 rings (SSSR count). The molecule has 0 radical (unpaired) electrons. The second-order valence-electron chi connectivity index (χ2n) is 4.84. The van der Waals surface area contributed by atoms with E-state index in [9.17, 15) is 0 Å². The van der Waals surface area contributed by atoms with Gasteiger partial charge >= 0.3 is 0 Å². The summed E-state index contributed by atoms with van der Waals surface area (Å²) in [5, 5.41) is 10.5. The molecule has 2 aromatic heterocycles. The maximum atomic E-state index is 4.44. The maximum Gasteiger partial charge on any atom is 0.258 e. The molecule has 2 heterocycles. The molecule has 0 aliphatic rings. The van der Waals surface area contributed by atoms with E-state index in [2.05, 4.69) is 56.4 Å². The van der Waals surface area contributed by atoms with Crippen molar-refractivity contribution in [1.29, 1.82) is 0 Å². The van der Waals surface area contributed by atoms with Gasteiger partial charge in [0, 0.05) is 12.6 Å². The number of rotatable bonds is 7. The Morgan fingerprint density at radius 2 is 1.71 bits per heavy atom. The summed E-state index contributed by atoms with van der Waals surface area (Å²) in [5.74, 6) is 1.48. The molecular weight excluding hydrogens is 268 g/mol. The van der Waals surface area contributed by atoms with Gasteiger partial charge < -0.3 is 10.6 Å². The SMILES string of the molecule is CCC(CC)(CC)Nc1nc(NC)nc(-n2cncn2)n1. The Bertz CT molecular complexity index is 553. The van der Waals surface area contributed by atoms with Crippen molar-refractivity contribution in [2.45, 2.75) is 45.6 Å². The summed E-state index contributed by atoms with van der Waals surface area (Å²) in [5.41, 5.74) is -0.00794. The van der Waals surface area contributed by atoms with Crippen molar-refractivity contribution in [1.82, 2.24) is 29.7 Å². The molecule has 0 saturated heterocycles. The van der Waals surface area contributed by atoms with E-state index in [0.717, 1.165) is 19.3 Å². The highest BCUT2D eigenvalue weighted by molar-refractivity contribution is 5.39. The van der Waals surface area contributed by atoms with Gasteiger partial charge in [-0.1, -0.05) is 20.8 Å². The summed E-state index contributed by atoms with van der Waals surface area (Å²) < 4.78 is 1.51. The lowest BCUT2D eigenvalue weighted by molar-refractivity contribution is 0.417. The third-order valence-corrected chi connectivity index (χ3v) is 3.88. The van der Waals surface area contributed by atoms with Crippen LogP contribution in [0.5, 0.6) is 0 Å². The number of hydrogen-bond donors (Lipinski definition) is 2. The third kappa shape index (κ3) is 3.26. The molecule has 2 aromatic rings. The zero-order valence-electron chi connectivity index (χ0n) is 13.0. The molecule has 0 unspecified atom stereocenters. The molecular formula is C13H22N8. The van der Waals surface area contributed by atoms with Crippen molar-refractivity contribution < 1.29 is 0 Å². The Balaban J connectivity index is 2.37. The van der Waals surface area contributed by atoms with E-state index >= 15 is 0 Å². The van der Waals surface area contributed by atoms with Gasteiger partial charge in [0.2, 0.25) is 11.9 Å². The number of nitrogens with one attached hydrogen (secondary N) is 2. The molecule has 114 valence electrons. The van der Waals surface area contributed by atoms with Gasteiger partial charge in [0.1, 0.15) is 12.7 Å². The fourth-order valence-electron chi connectivity index (χ4n) is 2.20. The number of nitrogens with zero attached hydrogens (tertiary/aromatic N) is 6. The average Bonchev–Trinajstić information content (AvgIpc) is 3.07. The van der Waals surface area contributed by atoms with Crippen LogP contribution in [0.3, 0.4) is 0 Å². The molecule has 0 fully saturated rings. The van der Waals surface area contributed by atoms with E-state index in [4.69, 9.17) is 0 Å². The minimum atomic E-state index is -0.00794. The van der Waals surface area contributed by atoms with Crippen molar-refractivity contribution in [3.8, 4) is 5.95 Å². The van der Waals surface area contributed by atoms with Crippen LogP contribution in [0.15, 0.2) is 12.7 Å². The van der Waals surface area contributed by atoms with Crippen LogP contribution in [0, 0.1) is 0 Å². The Kier molecular flexibility index (Phi) is 4.66. The van der Waals surface area contributed by atoms with Gasteiger partial charge in [-0.05, 0) is 19.3 Å². The van der Waals surface area contributed by atoms with Crippen LogP contribution in [0.1, 0.15) is 40.0 Å². The average molecular weight is 290 g/mol. The summed E-state index contributed by atoms with van der Waals surface area (Å²) >= 11 is 0.